The molecule has 1 aromatic rings. The Morgan fingerprint density at radius 1 is 1.35 bits per heavy atom. The van der Waals surface area contributed by atoms with Crippen LogP contribution in [0.3, 0.4) is 0 Å². The van der Waals surface area contributed by atoms with Crippen LogP contribution in [0.15, 0.2) is 23.1 Å². The van der Waals surface area contributed by atoms with E-state index in [2.05, 4.69) is 4.72 Å². The average Bonchev–Trinajstić information content (AvgIpc) is 2.32. The predicted octanol–water partition coefficient (Wildman–Crippen LogP) is 1.89. The number of nitrogen functional groups attached to an aromatic ring is 1. The molecule has 5 nitrogen and oxygen atoms in total. The number of hydrogen-bond acceptors (Lipinski definition) is 4. The van der Waals surface area contributed by atoms with Crippen LogP contribution in [0.1, 0.15) is 26.7 Å². The van der Waals surface area contributed by atoms with Gasteiger partial charge in [0.15, 0.2) is 0 Å². The molecule has 0 heterocycles. The first-order chi connectivity index (χ1) is 9.33. The first kappa shape index (κ1) is 16.9. The average molecular weight is 304 g/mol. The Bertz CT molecular complexity index is 532. The van der Waals surface area contributed by atoms with Gasteiger partial charge >= 0.3 is 0 Å². The number of benzene rings is 1. The van der Waals surface area contributed by atoms with Gasteiger partial charge in [0.2, 0.25) is 10.0 Å². The summed E-state index contributed by atoms with van der Waals surface area (Å²) < 4.78 is 45.0. The van der Waals surface area contributed by atoms with Crippen molar-refractivity contribution in [3.8, 4) is 0 Å². The van der Waals surface area contributed by atoms with Crippen LogP contribution in [0.4, 0.5) is 10.1 Å². The lowest BCUT2D eigenvalue weighted by Crippen LogP contribution is -2.26. The van der Waals surface area contributed by atoms with E-state index in [1.54, 1.807) is 0 Å². The number of ether oxygens (including phenoxy) is 1. The van der Waals surface area contributed by atoms with Gasteiger partial charge in [-0.25, -0.2) is 17.5 Å². The van der Waals surface area contributed by atoms with E-state index in [1.807, 2.05) is 13.8 Å². The number of nitrogens with one attached hydrogen (secondary N) is 1. The van der Waals surface area contributed by atoms with Crippen LogP contribution in [0.2, 0.25) is 0 Å². The van der Waals surface area contributed by atoms with Gasteiger partial charge in [-0.15, -0.1) is 0 Å². The Kier molecular flexibility index (Phi) is 6.38. The normalized spacial score (nSPS) is 12.0. The fourth-order valence-electron chi connectivity index (χ4n) is 1.57. The fraction of sp³-hybridized carbons (Fsp3) is 0.538. The van der Waals surface area contributed by atoms with Gasteiger partial charge in [0.1, 0.15) is 10.7 Å². The molecule has 1 rings (SSSR count). The SMILES string of the molecule is CC(C)OCCCCNS(=O)(=O)c1ccc(N)cc1F. The highest BCUT2D eigenvalue weighted by molar-refractivity contribution is 7.89. The van der Waals surface area contributed by atoms with Crippen LogP contribution < -0.4 is 10.5 Å². The molecule has 0 fully saturated rings. The Morgan fingerprint density at radius 3 is 2.65 bits per heavy atom. The number of unbranched alkanes of at least 4 members (excludes halogenated alkanes) is 1. The molecule has 7 heteroatoms. The molecule has 0 atom stereocenters. The summed E-state index contributed by atoms with van der Waals surface area (Å²) in [6.45, 7) is 4.70. The van der Waals surface area contributed by atoms with Crippen molar-refractivity contribution in [2.45, 2.75) is 37.7 Å². The highest BCUT2D eigenvalue weighted by atomic mass is 32.2. The minimum Gasteiger partial charge on any atom is -0.399 e. The largest absolute Gasteiger partial charge is 0.399 e. The topological polar surface area (TPSA) is 81.4 Å². The van der Waals surface area contributed by atoms with Gasteiger partial charge in [0.25, 0.3) is 0 Å². The molecule has 1 aromatic carbocycles. The van der Waals surface area contributed by atoms with E-state index in [0.717, 1.165) is 18.6 Å². The van der Waals surface area contributed by atoms with Crippen LogP contribution in [-0.2, 0) is 14.8 Å². The second-order valence-corrected chi connectivity index (χ2v) is 6.45. The Balaban J connectivity index is 2.46. The van der Waals surface area contributed by atoms with Crippen LogP contribution in [0.25, 0.3) is 0 Å². The van der Waals surface area contributed by atoms with Crippen molar-refractivity contribution in [3.05, 3.63) is 24.0 Å². The van der Waals surface area contributed by atoms with E-state index in [0.29, 0.717) is 13.0 Å². The van der Waals surface area contributed by atoms with E-state index < -0.39 is 15.8 Å². The van der Waals surface area contributed by atoms with E-state index in [1.165, 1.54) is 6.07 Å². The summed E-state index contributed by atoms with van der Waals surface area (Å²) in [5.74, 6) is -0.847. The van der Waals surface area contributed by atoms with Crippen molar-refractivity contribution in [3.63, 3.8) is 0 Å². The van der Waals surface area contributed by atoms with Crippen LogP contribution in [-0.4, -0.2) is 27.7 Å². The monoisotopic (exact) mass is 304 g/mol. The van der Waals surface area contributed by atoms with E-state index in [-0.39, 0.29) is 23.2 Å². The Morgan fingerprint density at radius 2 is 2.05 bits per heavy atom. The molecule has 0 aliphatic heterocycles. The zero-order valence-electron chi connectivity index (χ0n) is 11.7. The minimum absolute atomic E-state index is 0.163. The Hall–Kier alpha value is -1.18. The van der Waals surface area contributed by atoms with Crippen LogP contribution in [0.5, 0.6) is 0 Å². The summed E-state index contributed by atoms with van der Waals surface area (Å²) in [5, 5.41) is 0. The zero-order valence-corrected chi connectivity index (χ0v) is 12.5. The number of anilines is 1. The second kappa shape index (κ2) is 7.56. The standard InChI is InChI=1S/C13H21FN2O3S/c1-10(2)19-8-4-3-7-16-20(17,18)13-6-5-11(15)9-12(13)14/h5-6,9-10,16H,3-4,7-8,15H2,1-2H3. The van der Waals surface area contributed by atoms with Gasteiger partial charge in [-0.05, 0) is 44.9 Å². The lowest BCUT2D eigenvalue weighted by molar-refractivity contribution is 0.0762. The maximum absolute atomic E-state index is 13.5. The van der Waals surface area contributed by atoms with Crippen molar-refractivity contribution in [2.75, 3.05) is 18.9 Å². The van der Waals surface area contributed by atoms with Gasteiger partial charge in [-0.1, -0.05) is 0 Å². The molecule has 0 saturated carbocycles. The molecule has 0 spiro atoms. The molecule has 3 N–H and O–H groups in total. The first-order valence-electron chi connectivity index (χ1n) is 6.49. The highest BCUT2D eigenvalue weighted by Crippen LogP contribution is 2.16. The third kappa shape index (κ3) is 5.44. The molecular formula is C13H21FN2O3S. The zero-order chi connectivity index (χ0) is 15.2. The molecule has 0 saturated heterocycles. The smallest absolute Gasteiger partial charge is 0.243 e. The number of halogens is 1. The van der Waals surface area contributed by atoms with E-state index >= 15 is 0 Å². The molecule has 0 unspecified atom stereocenters. The quantitative estimate of drug-likeness (QED) is 0.567. The molecule has 0 bridgehead atoms. The summed E-state index contributed by atoms with van der Waals surface area (Å²) in [6.07, 6.45) is 1.53. The van der Waals surface area contributed by atoms with Crippen molar-refractivity contribution >= 4 is 15.7 Å². The minimum atomic E-state index is -3.83. The molecule has 0 aliphatic rings. The number of rotatable bonds is 8. The lowest BCUT2D eigenvalue weighted by atomic mass is 10.3. The van der Waals surface area contributed by atoms with Crippen molar-refractivity contribution < 1.29 is 17.5 Å². The molecular weight excluding hydrogens is 283 g/mol. The second-order valence-electron chi connectivity index (χ2n) is 4.71. The van der Waals surface area contributed by atoms with Gasteiger partial charge < -0.3 is 10.5 Å². The number of hydrogen-bond donors (Lipinski definition) is 2. The third-order valence-electron chi connectivity index (χ3n) is 2.56. The molecule has 114 valence electrons. The molecule has 0 amide bonds. The third-order valence-corrected chi connectivity index (χ3v) is 4.05. The summed E-state index contributed by atoms with van der Waals surface area (Å²) in [5.41, 5.74) is 5.57. The van der Waals surface area contributed by atoms with Crippen molar-refractivity contribution in [1.82, 2.24) is 4.72 Å². The van der Waals surface area contributed by atoms with E-state index in [9.17, 15) is 12.8 Å². The molecule has 0 radical (unpaired) electrons. The van der Waals surface area contributed by atoms with E-state index in [4.69, 9.17) is 10.5 Å². The van der Waals surface area contributed by atoms with Crippen molar-refractivity contribution in [2.24, 2.45) is 0 Å². The van der Waals surface area contributed by atoms with Crippen molar-refractivity contribution in [1.29, 1.82) is 0 Å². The maximum Gasteiger partial charge on any atom is 0.243 e. The van der Waals surface area contributed by atoms with Gasteiger partial charge in [0.05, 0.1) is 6.10 Å². The fourth-order valence-corrected chi connectivity index (χ4v) is 2.70. The molecule has 20 heavy (non-hydrogen) atoms. The van der Waals surface area contributed by atoms with Gasteiger partial charge in [-0.2, -0.15) is 0 Å². The first-order valence-corrected chi connectivity index (χ1v) is 7.97. The highest BCUT2D eigenvalue weighted by Gasteiger charge is 2.18. The summed E-state index contributed by atoms with van der Waals surface area (Å²) in [4.78, 5) is -0.384. The van der Waals surface area contributed by atoms with Gasteiger partial charge in [0, 0.05) is 18.8 Å². The molecule has 0 aliphatic carbocycles. The summed E-state index contributed by atoms with van der Waals surface area (Å²) in [6, 6.07) is 3.51. The summed E-state index contributed by atoms with van der Waals surface area (Å²) in [7, 11) is -3.83. The maximum atomic E-state index is 13.5. The lowest BCUT2D eigenvalue weighted by Gasteiger charge is -2.09. The number of sulfonamides is 1. The predicted molar refractivity (Wildman–Crippen MR) is 76.3 cm³/mol. The van der Waals surface area contributed by atoms with Gasteiger partial charge in [-0.3, -0.25) is 0 Å². The molecule has 0 aromatic heterocycles. The van der Waals surface area contributed by atoms with Crippen LogP contribution in [0, 0.1) is 5.82 Å². The van der Waals surface area contributed by atoms with Crippen LogP contribution >= 0.6 is 0 Å². The Labute approximate surface area is 119 Å². The summed E-state index contributed by atoms with van der Waals surface area (Å²) >= 11 is 0. The number of nitrogens with two attached hydrogens (primary N) is 1.